The smallest absolute Gasteiger partial charge is 0.228 e. The number of fused-ring (bicyclic) bond motifs is 1. The fourth-order valence-corrected chi connectivity index (χ4v) is 2.34. The second-order valence-electron chi connectivity index (χ2n) is 5.73. The van der Waals surface area contributed by atoms with E-state index in [1.807, 2.05) is 31.2 Å². The van der Waals surface area contributed by atoms with Crippen LogP contribution in [-0.2, 0) is 9.53 Å². The van der Waals surface area contributed by atoms with Crippen molar-refractivity contribution in [2.24, 2.45) is 5.92 Å². The molecule has 1 saturated carbocycles. The van der Waals surface area contributed by atoms with Crippen LogP contribution in [0, 0.1) is 5.92 Å². The van der Waals surface area contributed by atoms with E-state index in [0.717, 1.165) is 29.4 Å². The van der Waals surface area contributed by atoms with Crippen LogP contribution in [0.25, 0.3) is 10.8 Å². The van der Waals surface area contributed by atoms with Gasteiger partial charge in [-0.25, -0.2) is 4.98 Å². The molecule has 1 N–H and O–H groups in total. The zero-order valence-corrected chi connectivity index (χ0v) is 12.8. The van der Waals surface area contributed by atoms with Crippen molar-refractivity contribution in [3.63, 3.8) is 0 Å². The highest BCUT2D eigenvalue weighted by atomic mass is 16.5. The number of hydrogen-bond donors (Lipinski definition) is 1. The molecule has 1 aromatic carbocycles. The summed E-state index contributed by atoms with van der Waals surface area (Å²) in [7, 11) is 1.65. The summed E-state index contributed by atoms with van der Waals surface area (Å²) in [6.07, 6.45) is 3.72. The molecule has 2 aromatic rings. The molecule has 1 atom stereocenters. The first-order chi connectivity index (χ1) is 10.7. The molecule has 22 heavy (non-hydrogen) atoms. The van der Waals surface area contributed by atoms with E-state index in [2.05, 4.69) is 10.3 Å². The third-order valence-corrected chi connectivity index (χ3v) is 3.63. The normalized spacial score (nSPS) is 15.5. The summed E-state index contributed by atoms with van der Waals surface area (Å²) in [6, 6.07) is 7.72. The Morgan fingerprint density at radius 3 is 2.91 bits per heavy atom. The van der Waals surface area contributed by atoms with E-state index in [1.54, 1.807) is 13.3 Å². The Labute approximate surface area is 129 Å². The lowest BCUT2D eigenvalue weighted by molar-refractivity contribution is -0.117. The molecule has 0 spiro atoms. The second-order valence-corrected chi connectivity index (χ2v) is 5.73. The Morgan fingerprint density at radius 1 is 1.36 bits per heavy atom. The van der Waals surface area contributed by atoms with Gasteiger partial charge in [0, 0.05) is 24.6 Å². The molecule has 0 aliphatic heterocycles. The maximum atomic E-state index is 11.8. The van der Waals surface area contributed by atoms with E-state index in [0.29, 0.717) is 12.4 Å². The number of hydrogen-bond acceptors (Lipinski definition) is 4. The van der Waals surface area contributed by atoms with Crippen molar-refractivity contribution >= 4 is 22.5 Å². The maximum absolute atomic E-state index is 11.8. The van der Waals surface area contributed by atoms with Gasteiger partial charge in [0.25, 0.3) is 0 Å². The third-order valence-electron chi connectivity index (χ3n) is 3.63. The predicted molar refractivity (Wildman–Crippen MR) is 85.1 cm³/mol. The summed E-state index contributed by atoms with van der Waals surface area (Å²) in [5.41, 5.74) is 0. The molecule has 1 amide bonds. The number of amides is 1. The van der Waals surface area contributed by atoms with Gasteiger partial charge >= 0.3 is 0 Å². The Kier molecular flexibility index (Phi) is 4.24. The number of ether oxygens (including phenoxy) is 2. The molecule has 0 radical (unpaired) electrons. The minimum atomic E-state index is -0.00693. The predicted octanol–water partition coefficient (Wildman–Crippen LogP) is 3.00. The van der Waals surface area contributed by atoms with E-state index >= 15 is 0 Å². The zero-order valence-electron chi connectivity index (χ0n) is 12.8. The Balaban J connectivity index is 1.74. The fourth-order valence-electron chi connectivity index (χ4n) is 2.34. The number of carbonyl (C=O) groups is 1. The number of nitrogens with zero attached hydrogens (tertiary/aromatic N) is 1. The molecule has 116 valence electrons. The van der Waals surface area contributed by atoms with Crippen molar-refractivity contribution in [2.75, 3.05) is 19.0 Å². The molecule has 5 nitrogen and oxygen atoms in total. The molecule has 1 fully saturated rings. The number of anilines is 1. The van der Waals surface area contributed by atoms with Gasteiger partial charge in [-0.3, -0.25) is 4.79 Å². The van der Waals surface area contributed by atoms with E-state index in [4.69, 9.17) is 9.47 Å². The molecule has 1 aromatic heterocycles. The highest BCUT2D eigenvalue weighted by Gasteiger charge is 2.29. The third kappa shape index (κ3) is 3.54. The van der Waals surface area contributed by atoms with Crippen LogP contribution in [0.1, 0.15) is 19.8 Å². The topological polar surface area (TPSA) is 60.5 Å². The SMILES string of the molecule is COC[C@H](C)Oc1ccc2cc(NC(=O)C3CC3)ncc2c1. The lowest BCUT2D eigenvalue weighted by Gasteiger charge is -2.14. The van der Waals surface area contributed by atoms with E-state index in [9.17, 15) is 4.79 Å². The highest BCUT2D eigenvalue weighted by Crippen LogP contribution is 2.30. The molecule has 5 heteroatoms. The summed E-state index contributed by atoms with van der Waals surface area (Å²) >= 11 is 0. The van der Waals surface area contributed by atoms with Crippen molar-refractivity contribution in [2.45, 2.75) is 25.9 Å². The number of pyridine rings is 1. The largest absolute Gasteiger partial charge is 0.488 e. The molecule has 0 saturated heterocycles. The summed E-state index contributed by atoms with van der Waals surface area (Å²) in [6.45, 7) is 2.50. The van der Waals surface area contributed by atoms with Gasteiger partial charge in [0.1, 0.15) is 17.7 Å². The Bertz CT molecular complexity index is 683. The minimum absolute atomic E-state index is 0.00693. The number of aromatic nitrogens is 1. The first-order valence-electron chi connectivity index (χ1n) is 7.52. The van der Waals surface area contributed by atoms with Gasteiger partial charge in [-0.2, -0.15) is 0 Å². The fraction of sp³-hybridized carbons (Fsp3) is 0.412. The van der Waals surface area contributed by atoms with Gasteiger partial charge in [-0.1, -0.05) is 6.07 Å². The Morgan fingerprint density at radius 2 is 2.18 bits per heavy atom. The van der Waals surface area contributed by atoms with Crippen LogP contribution in [0.15, 0.2) is 30.5 Å². The van der Waals surface area contributed by atoms with Gasteiger partial charge in [-0.15, -0.1) is 0 Å². The summed E-state index contributed by atoms with van der Waals surface area (Å²) in [4.78, 5) is 16.1. The average molecular weight is 300 g/mol. The van der Waals surface area contributed by atoms with Crippen molar-refractivity contribution in [1.29, 1.82) is 0 Å². The van der Waals surface area contributed by atoms with Gasteiger partial charge in [0.15, 0.2) is 0 Å². The first kappa shape index (κ1) is 14.8. The lowest BCUT2D eigenvalue weighted by Crippen LogP contribution is -2.17. The van der Waals surface area contributed by atoms with E-state index < -0.39 is 0 Å². The molecular weight excluding hydrogens is 280 g/mol. The van der Waals surface area contributed by atoms with Gasteiger partial charge < -0.3 is 14.8 Å². The zero-order chi connectivity index (χ0) is 15.5. The monoisotopic (exact) mass is 300 g/mol. The standard InChI is InChI=1S/C17H20N2O3/c1-11(10-21-2)22-15-6-5-13-8-16(18-9-14(13)7-15)19-17(20)12-3-4-12/h5-9,11-12H,3-4,10H2,1-2H3,(H,18,19,20)/t11-/m0/s1. The number of rotatable bonds is 6. The molecule has 0 bridgehead atoms. The maximum Gasteiger partial charge on any atom is 0.228 e. The van der Waals surface area contributed by atoms with Crippen LogP contribution >= 0.6 is 0 Å². The van der Waals surface area contributed by atoms with Crippen LogP contribution in [0.5, 0.6) is 5.75 Å². The summed E-state index contributed by atoms with van der Waals surface area (Å²) in [5.74, 6) is 1.63. The van der Waals surface area contributed by atoms with Crippen molar-refractivity contribution in [3.05, 3.63) is 30.5 Å². The number of benzene rings is 1. The van der Waals surface area contributed by atoms with Gasteiger partial charge in [0.05, 0.1) is 6.61 Å². The van der Waals surface area contributed by atoms with Crippen LogP contribution in [0.2, 0.25) is 0 Å². The molecular formula is C17H20N2O3. The van der Waals surface area contributed by atoms with Crippen molar-refractivity contribution in [3.8, 4) is 5.75 Å². The molecule has 1 heterocycles. The van der Waals surface area contributed by atoms with Gasteiger partial charge in [0.2, 0.25) is 5.91 Å². The van der Waals surface area contributed by atoms with E-state index in [-0.39, 0.29) is 17.9 Å². The second kappa shape index (κ2) is 6.32. The Hall–Kier alpha value is -2.14. The van der Waals surface area contributed by atoms with Crippen LogP contribution in [-0.4, -0.2) is 30.7 Å². The minimum Gasteiger partial charge on any atom is -0.488 e. The lowest BCUT2D eigenvalue weighted by atomic mass is 10.1. The summed E-state index contributed by atoms with van der Waals surface area (Å²) < 4.78 is 10.8. The average Bonchev–Trinajstić information content (AvgIpc) is 3.32. The van der Waals surface area contributed by atoms with Crippen LogP contribution < -0.4 is 10.1 Å². The molecule has 3 rings (SSSR count). The van der Waals surface area contributed by atoms with Crippen molar-refractivity contribution in [1.82, 2.24) is 4.98 Å². The number of carbonyl (C=O) groups excluding carboxylic acids is 1. The summed E-state index contributed by atoms with van der Waals surface area (Å²) in [5, 5.41) is 4.86. The molecule has 0 unspecified atom stereocenters. The first-order valence-corrected chi connectivity index (χ1v) is 7.52. The van der Waals surface area contributed by atoms with E-state index in [1.165, 1.54) is 0 Å². The molecule has 1 aliphatic carbocycles. The number of methoxy groups -OCH3 is 1. The van der Waals surface area contributed by atoms with Crippen LogP contribution in [0.3, 0.4) is 0 Å². The van der Waals surface area contributed by atoms with Crippen molar-refractivity contribution < 1.29 is 14.3 Å². The quantitative estimate of drug-likeness (QED) is 0.891. The number of nitrogens with one attached hydrogen (secondary N) is 1. The van der Waals surface area contributed by atoms with Crippen LogP contribution in [0.4, 0.5) is 5.82 Å². The highest BCUT2D eigenvalue weighted by molar-refractivity contribution is 5.95. The van der Waals surface area contributed by atoms with Gasteiger partial charge in [-0.05, 0) is 43.4 Å². The molecule has 1 aliphatic rings.